The van der Waals surface area contributed by atoms with Crippen molar-refractivity contribution >= 4 is 29.6 Å². The first-order chi connectivity index (χ1) is 19.6. The molecule has 0 atom stereocenters. The highest BCUT2D eigenvalue weighted by Crippen LogP contribution is 2.13. The van der Waals surface area contributed by atoms with Crippen LogP contribution in [0.15, 0.2) is 41.3 Å². The number of aryl methyl sites for hydroxylation is 2. The Bertz CT molecular complexity index is 1490. The molecule has 0 bridgehead atoms. The number of hydrogen-bond donors (Lipinski definition) is 5. The minimum atomic E-state index is -5.08. The molecule has 3 aromatic rings. The number of carboxylic acid groups (broad SMARTS) is 1. The Labute approximate surface area is 233 Å². The van der Waals surface area contributed by atoms with Gasteiger partial charge in [0.25, 0.3) is 5.56 Å². The number of carbonyl (C=O) groups excluding carboxylic acids is 2. The lowest BCUT2D eigenvalue weighted by Gasteiger charge is -2.13. The molecule has 0 spiro atoms. The number of hydrazine groups is 1. The number of amides is 2. The second-order valence-corrected chi connectivity index (χ2v) is 8.30. The summed E-state index contributed by atoms with van der Waals surface area (Å²) in [5, 5.41) is 9.83. The molecule has 2 aromatic heterocycles. The van der Waals surface area contributed by atoms with Crippen LogP contribution in [0.25, 0.3) is 0 Å². The number of benzene rings is 1. The van der Waals surface area contributed by atoms with E-state index in [1.54, 1.807) is 26.0 Å². The molecule has 18 heteroatoms. The number of rotatable bonds is 8. The molecule has 0 saturated carbocycles. The highest BCUT2D eigenvalue weighted by molar-refractivity contribution is 5.76. The molecule has 2 amide bonds. The molecule has 2 heterocycles. The van der Waals surface area contributed by atoms with Crippen molar-refractivity contribution in [3.63, 3.8) is 0 Å². The van der Waals surface area contributed by atoms with E-state index in [0.717, 1.165) is 17.7 Å². The van der Waals surface area contributed by atoms with Crippen LogP contribution in [-0.4, -0.2) is 43.8 Å². The van der Waals surface area contributed by atoms with E-state index in [2.05, 4.69) is 26.1 Å². The van der Waals surface area contributed by atoms with E-state index in [-0.39, 0.29) is 24.5 Å². The number of halogens is 5. The quantitative estimate of drug-likeness (QED) is 0.189. The van der Waals surface area contributed by atoms with Crippen molar-refractivity contribution < 1.29 is 46.2 Å². The monoisotopic (exact) mass is 601 g/mol. The maximum absolute atomic E-state index is 13.2. The number of anilines is 2. The summed E-state index contributed by atoms with van der Waals surface area (Å²) >= 11 is 0. The van der Waals surface area contributed by atoms with Crippen LogP contribution in [0.2, 0.25) is 0 Å². The van der Waals surface area contributed by atoms with Crippen molar-refractivity contribution in [1.29, 1.82) is 0 Å². The van der Waals surface area contributed by atoms with Gasteiger partial charge in [0.1, 0.15) is 30.6 Å². The number of pyridine rings is 1. The Morgan fingerprint density at radius 1 is 1.10 bits per heavy atom. The zero-order valence-electron chi connectivity index (χ0n) is 21.9. The molecule has 0 fully saturated rings. The number of aromatic nitrogens is 3. The molecule has 0 saturated heterocycles. The number of carboxylic acids is 1. The largest absolute Gasteiger partial charge is 0.490 e. The summed E-state index contributed by atoms with van der Waals surface area (Å²) in [5.74, 6) is -4.70. The Kier molecular flexibility index (Phi) is 11.3. The third-order valence-corrected chi connectivity index (χ3v) is 5.07. The van der Waals surface area contributed by atoms with Crippen molar-refractivity contribution in [2.45, 2.75) is 39.7 Å². The van der Waals surface area contributed by atoms with Gasteiger partial charge in [-0.2, -0.15) is 13.2 Å². The Hall–Kier alpha value is -5.29. The fourth-order valence-corrected chi connectivity index (χ4v) is 3.03. The van der Waals surface area contributed by atoms with Gasteiger partial charge in [-0.05, 0) is 43.2 Å². The van der Waals surface area contributed by atoms with Crippen molar-refractivity contribution in [3.8, 4) is 0 Å². The predicted molar refractivity (Wildman–Crippen MR) is 135 cm³/mol. The molecule has 0 aliphatic heterocycles. The maximum Gasteiger partial charge on any atom is 0.490 e. The smallest absolute Gasteiger partial charge is 0.475 e. The lowest BCUT2D eigenvalue weighted by Crippen LogP contribution is -2.38. The minimum Gasteiger partial charge on any atom is -0.475 e. The normalized spacial score (nSPS) is 10.6. The van der Waals surface area contributed by atoms with Crippen LogP contribution < -0.4 is 27.5 Å². The van der Waals surface area contributed by atoms with Crippen molar-refractivity contribution in [2.75, 3.05) is 11.2 Å². The summed E-state index contributed by atoms with van der Waals surface area (Å²) in [6.45, 7) is 2.86. The van der Waals surface area contributed by atoms with E-state index in [1.165, 1.54) is 10.8 Å². The number of nitrogens with two attached hydrogens (primary N) is 1. The molecular weight excluding hydrogens is 577 g/mol. The van der Waals surface area contributed by atoms with Crippen LogP contribution >= 0.6 is 0 Å². The van der Waals surface area contributed by atoms with E-state index < -0.39 is 47.9 Å². The van der Waals surface area contributed by atoms with E-state index in [4.69, 9.17) is 20.4 Å². The minimum absolute atomic E-state index is 0.101. The highest BCUT2D eigenvalue weighted by atomic mass is 19.4. The molecule has 3 rings (SSSR count). The molecule has 0 radical (unpaired) electrons. The SMILES string of the molecule is Cc1nc(N)ccc1CNC(=O)Cn1c(C)cnc(NNC(=O)OCc2cc(F)cc(F)c2)c1=O.O=C(O)C(F)(F)F. The zero-order chi connectivity index (χ0) is 31.6. The first-order valence-corrected chi connectivity index (χ1v) is 11.6. The standard InChI is InChI=1S/C22H23F2N7O4.C2HF3O2/c1-12-8-27-20(29-30-22(34)35-11-14-5-16(23)7-17(24)6-14)21(33)31(12)10-19(32)26-9-15-3-4-18(25)28-13(15)2;3-2(4,5)1(6)7/h3-8H,9-11H2,1-2H3,(H2,25,28)(H,26,32)(H,27,29)(H,30,34);(H,6,7). The van der Waals surface area contributed by atoms with Crippen LogP contribution in [0.1, 0.15) is 22.5 Å². The number of hydrogen-bond acceptors (Lipinski definition) is 9. The first-order valence-electron chi connectivity index (χ1n) is 11.6. The van der Waals surface area contributed by atoms with Gasteiger partial charge in [0.2, 0.25) is 11.7 Å². The Morgan fingerprint density at radius 3 is 2.29 bits per heavy atom. The van der Waals surface area contributed by atoms with Gasteiger partial charge >= 0.3 is 18.2 Å². The van der Waals surface area contributed by atoms with Gasteiger partial charge in [0.15, 0.2) is 0 Å². The van der Waals surface area contributed by atoms with Crippen LogP contribution in [-0.2, 0) is 34.0 Å². The van der Waals surface area contributed by atoms with Crippen LogP contribution in [0, 0.1) is 25.5 Å². The lowest BCUT2D eigenvalue weighted by atomic mass is 10.2. The fraction of sp³-hybridized carbons (Fsp3) is 0.250. The van der Waals surface area contributed by atoms with Crippen LogP contribution in [0.5, 0.6) is 0 Å². The number of nitrogens with zero attached hydrogens (tertiary/aromatic N) is 3. The van der Waals surface area contributed by atoms with Crippen molar-refractivity contribution in [1.82, 2.24) is 25.3 Å². The highest BCUT2D eigenvalue weighted by Gasteiger charge is 2.38. The average Bonchev–Trinajstić information content (AvgIpc) is 2.88. The van der Waals surface area contributed by atoms with E-state index in [9.17, 15) is 36.3 Å². The third-order valence-electron chi connectivity index (χ3n) is 5.07. The van der Waals surface area contributed by atoms with E-state index >= 15 is 0 Å². The molecule has 0 aliphatic carbocycles. The molecule has 42 heavy (non-hydrogen) atoms. The molecule has 1 aromatic carbocycles. The van der Waals surface area contributed by atoms with Gasteiger partial charge in [-0.25, -0.2) is 33.8 Å². The van der Waals surface area contributed by atoms with Gasteiger partial charge in [0.05, 0.1) is 0 Å². The second-order valence-electron chi connectivity index (χ2n) is 8.30. The topological polar surface area (TPSA) is 191 Å². The van der Waals surface area contributed by atoms with Gasteiger partial charge in [-0.3, -0.25) is 19.6 Å². The Balaban J connectivity index is 0.000000782. The van der Waals surface area contributed by atoms with E-state index in [1.807, 2.05) is 0 Å². The van der Waals surface area contributed by atoms with Gasteiger partial charge in [-0.1, -0.05) is 6.07 Å². The van der Waals surface area contributed by atoms with E-state index in [0.29, 0.717) is 23.3 Å². The number of alkyl halides is 3. The van der Waals surface area contributed by atoms with Gasteiger partial charge in [0, 0.05) is 30.2 Å². The average molecular weight is 601 g/mol. The van der Waals surface area contributed by atoms with Crippen LogP contribution in [0.3, 0.4) is 0 Å². The van der Waals surface area contributed by atoms with Crippen molar-refractivity contribution in [2.24, 2.45) is 0 Å². The molecule has 0 aliphatic rings. The van der Waals surface area contributed by atoms with Crippen LogP contribution in [0.4, 0.5) is 38.4 Å². The third kappa shape index (κ3) is 10.4. The second kappa shape index (κ2) is 14.4. The predicted octanol–water partition coefficient (Wildman–Crippen LogP) is 2.32. The number of nitrogen functional groups attached to an aromatic ring is 1. The summed E-state index contributed by atoms with van der Waals surface area (Å²) in [7, 11) is 0. The number of ether oxygens (including phenoxy) is 1. The number of aliphatic carboxylic acids is 1. The summed E-state index contributed by atoms with van der Waals surface area (Å²) in [6.07, 6.45) is -4.76. The van der Waals surface area contributed by atoms with Gasteiger partial charge < -0.3 is 20.9 Å². The van der Waals surface area contributed by atoms with Crippen molar-refractivity contribution in [3.05, 3.63) is 81.0 Å². The summed E-state index contributed by atoms with van der Waals surface area (Å²) in [6, 6.07) is 6.09. The fourth-order valence-electron chi connectivity index (χ4n) is 3.03. The summed E-state index contributed by atoms with van der Waals surface area (Å²) < 4.78 is 64.2. The maximum atomic E-state index is 13.2. The molecule has 13 nitrogen and oxygen atoms in total. The molecule has 226 valence electrons. The summed E-state index contributed by atoms with van der Waals surface area (Å²) in [5.41, 5.74) is 11.3. The number of carbonyl (C=O) groups is 3. The molecule has 6 N–H and O–H groups in total. The lowest BCUT2D eigenvalue weighted by molar-refractivity contribution is -0.192. The Morgan fingerprint density at radius 2 is 1.71 bits per heavy atom. The van der Waals surface area contributed by atoms with Gasteiger partial charge in [-0.15, -0.1) is 0 Å². The summed E-state index contributed by atoms with van der Waals surface area (Å²) in [4.78, 5) is 53.9. The number of nitrogens with one attached hydrogen (secondary N) is 3. The zero-order valence-corrected chi connectivity index (χ0v) is 21.9. The molecular formula is C24H24F5N7O6. The molecule has 0 unspecified atom stereocenters. The first kappa shape index (κ1) is 32.9.